The maximum Gasteiger partial charge on any atom is 0.165 e. The Morgan fingerprint density at radius 3 is 2.76 bits per heavy atom. The monoisotopic (exact) mass is 244 g/mol. The summed E-state index contributed by atoms with van der Waals surface area (Å²) >= 11 is 1.66. The van der Waals surface area contributed by atoms with Crippen LogP contribution in [0.25, 0.3) is 0 Å². The molecule has 1 aromatic heterocycles. The number of thioether (sulfide) groups is 1. The lowest BCUT2D eigenvalue weighted by molar-refractivity contribution is 0.350. The summed E-state index contributed by atoms with van der Waals surface area (Å²) in [4.78, 5) is 7.20. The zero-order valence-corrected chi connectivity index (χ0v) is 10.00. The highest BCUT2D eigenvalue weighted by atomic mass is 32.2. The largest absolute Gasteiger partial charge is 0.384 e. The molecule has 0 spiro atoms. The molecule has 0 aliphatic rings. The van der Waals surface area contributed by atoms with Crippen molar-refractivity contribution in [1.82, 2.24) is 9.97 Å². The molecule has 0 atom stereocenters. The van der Waals surface area contributed by atoms with E-state index in [9.17, 15) is 0 Å². The number of hydrogen-bond acceptors (Lipinski definition) is 3. The number of imidazole rings is 1. The van der Waals surface area contributed by atoms with E-state index in [0.29, 0.717) is 0 Å². The topological polar surface area (TPSA) is 48.9 Å². The van der Waals surface area contributed by atoms with Crippen molar-refractivity contribution in [3.63, 3.8) is 0 Å². The highest BCUT2D eigenvalue weighted by molar-refractivity contribution is 7.98. The Bertz CT molecular complexity index is 509. The molecule has 2 aromatic rings. The molecule has 0 fully saturated rings. The van der Waals surface area contributed by atoms with Crippen LogP contribution in [0.1, 0.15) is 11.1 Å². The number of nitrogens with one attached hydrogen (secondary N) is 1. The quantitative estimate of drug-likeness (QED) is 0.641. The van der Waals surface area contributed by atoms with E-state index in [4.69, 9.17) is 5.11 Å². The molecular weight excluding hydrogens is 232 g/mol. The average molecular weight is 244 g/mol. The zero-order chi connectivity index (χ0) is 11.9. The van der Waals surface area contributed by atoms with Crippen molar-refractivity contribution >= 4 is 11.8 Å². The summed E-state index contributed by atoms with van der Waals surface area (Å²) in [5.41, 5.74) is 2.15. The van der Waals surface area contributed by atoms with Crippen molar-refractivity contribution in [2.45, 2.75) is 10.9 Å². The van der Waals surface area contributed by atoms with Crippen LogP contribution in [0.2, 0.25) is 0 Å². The fourth-order valence-electron chi connectivity index (χ4n) is 1.31. The van der Waals surface area contributed by atoms with Gasteiger partial charge in [0.25, 0.3) is 0 Å². The number of rotatable bonds is 3. The van der Waals surface area contributed by atoms with Gasteiger partial charge in [0.1, 0.15) is 6.61 Å². The first-order valence-corrected chi connectivity index (χ1v) is 6.18. The van der Waals surface area contributed by atoms with E-state index in [-0.39, 0.29) is 6.61 Å². The molecule has 0 saturated heterocycles. The second-order valence-electron chi connectivity index (χ2n) is 3.34. The average Bonchev–Trinajstić information content (AvgIpc) is 2.88. The summed E-state index contributed by atoms with van der Waals surface area (Å²) in [5, 5.41) is 9.51. The van der Waals surface area contributed by atoms with Crippen LogP contribution in [0.4, 0.5) is 0 Å². The van der Waals surface area contributed by atoms with Gasteiger partial charge in [0.2, 0.25) is 0 Å². The van der Waals surface area contributed by atoms with E-state index < -0.39 is 0 Å². The molecule has 4 heteroatoms. The highest BCUT2D eigenvalue weighted by Crippen LogP contribution is 2.18. The molecule has 0 amide bonds. The lowest BCUT2D eigenvalue weighted by atomic mass is 10.1. The minimum Gasteiger partial charge on any atom is -0.384 e. The van der Waals surface area contributed by atoms with Crippen LogP contribution in [0, 0.1) is 11.8 Å². The first-order chi connectivity index (χ1) is 8.38. The van der Waals surface area contributed by atoms with E-state index in [0.717, 1.165) is 16.5 Å². The molecule has 0 radical (unpaired) electrons. The van der Waals surface area contributed by atoms with Crippen molar-refractivity contribution < 1.29 is 5.11 Å². The third kappa shape index (κ3) is 3.66. The second-order valence-corrected chi connectivity index (χ2v) is 4.30. The van der Waals surface area contributed by atoms with Gasteiger partial charge < -0.3 is 10.1 Å². The van der Waals surface area contributed by atoms with E-state index in [2.05, 4.69) is 21.8 Å². The summed E-state index contributed by atoms with van der Waals surface area (Å²) in [6.07, 6.45) is 3.56. The summed E-state index contributed by atoms with van der Waals surface area (Å²) in [6.45, 7) is -0.101. The molecule has 0 bridgehead atoms. The maximum atomic E-state index is 8.58. The van der Waals surface area contributed by atoms with E-state index >= 15 is 0 Å². The van der Waals surface area contributed by atoms with Crippen molar-refractivity contribution in [3.05, 3.63) is 47.8 Å². The smallest absolute Gasteiger partial charge is 0.165 e. The third-order valence-electron chi connectivity index (χ3n) is 2.11. The minimum absolute atomic E-state index is 0.101. The summed E-state index contributed by atoms with van der Waals surface area (Å²) < 4.78 is 0. The molecule has 0 aliphatic heterocycles. The van der Waals surface area contributed by atoms with Gasteiger partial charge in [-0.15, -0.1) is 0 Å². The van der Waals surface area contributed by atoms with Gasteiger partial charge in [0, 0.05) is 23.7 Å². The predicted octanol–water partition coefficient (Wildman–Crippen LogP) is 2.05. The molecule has 3 nitrogen and oxygen atoms in total. The molecule has 0 aliphatic carbocycles. The molecule has 2 N–H and O–H groups in total. The Morgan fingerprint density at radius 2 is 2.12 bits per heavy atom. The van der Waals surface area contributed by atoms with Crippen LogP contribution in [0.3, 0.4) is 0 Å². The van der Waals surface area contributed by atoms with Crippen LogP contribution >= 0.6 is 11.8 Å². The first-order valence-electron chi connectivity index (χ1n) is 5.19. The van der Waals surface area contributed by atoms with Gasteiger partial charge in [-0.05, 0) is 17.7 Å². The van der Waals surface area contributed by atoms with Gasteiger partial charge in [-0.25, -0.2) is 4.98 Å². The fourth-order valence-corrected chi connectivity index (χ4v) is 2.09. The van der Waals surface area contributed by atoms with Crippen LogP contribution in [-0.4, -0.2) is 21.7 Å². The Hall–Kier alpha value is -1.70. The Labute approximate surface area is 104 Å². The van der Waals surface area contributed by atoms with Gasteiger partial charge in [-0.1, -0.05) is 35.7 Å². The number of H-pyrrole nitrogens is 1. The number of hydrogen-bond donors (Lipinski definition) is 2. The van der Waals surface area contributed by atoms with Crippen LogP contribution < -0.4 is 0 Å². The SMILES string of the molecule is OCC#Cc1ccc(CSc2ncc[nH]2)cc1. The number of aromatic amines is 1. The standard InChI is InChI=1S/C13H12N2OS/c16-9-1-2-11-3-5-12(6-4-11)10-17-13-14-7-8-15-13/h3-8,16H,9-10H2,(H,14,15). The molecule has 2 rings (SSSR count). The maximum absolute atomic E-state index is 8.58. The molecule has 1 heterocycles. The van der Waals surface area contributed by atoms with E-state index in [1.54, 1.807) is 18.0 Å². The van der Waals surface area contributed by atoms with Gasteiger partial charge >= 0.3 is 0 Å². The predicted molar refractivity (Wildman–Crippen MR) is 68.6 cm³/mol. The number of aromatic nitrogens is 2. The lowest BCUT2D eigenvalue weighted by Crippen LogP contribution is -1.83. The molecule has 0 unspecified atom stereocenters. The molecule has 17 heavy (non-hydrogen) atoms. The van der Waals surface area contributed by atoms with Gasteiger partial charge in [-0.2, -0.15) is 0 Å². The van der Waals surface area contributed by atoms with Crippen molar-refractivity contribution in [2.75, 3.05) is 6.61 Å². The highest BCUT2D eigenvalue weighted by Gasteiger charge is 1.97. The summed E-state index contributed by atoms with van der Waals surface area (Å²) in [6, 6.07) is 8.00. The fraction of sp³-hybridized carbons (Fsp3) is 0.154. The zero-order valence-electron chi connectivity index (χ0n) is 9.18. The van der Waals surface area contributed by atoms with Gasteiger partial charge in [-0.3, -0.25) is 0 Å². The van der Waals surface area contributed by atoms with Crippen LogP contribution in [-0.2, 0) is 5.75 Å². The Kier molecular flexibility index (Phi) is 4.25. The summed E-state index contributed by atoms with van der Waals surface area (Å²) in [7, 11) is 0. The van der Waals surface area contributed by atoms with E-state index in [1.165, 1.54) is 5.56 Å². The normalized spacial score (nSPS) is 9.71. The number of aliphatic hydroxyl groups is 1. The second kappa shape index (κ2) is 6.14. The number of benzene rings is 1. The Morgan fingerprint density at radius 1 is 1.29 bits per heavy atom. The van der Waals surface area contributed by atoms with Gasteiger partial charge in [0.05, 0.1) is 0 Å². The third-order valence-corrected chi connectivity index (χ3v) is 3.09. The molecule has 0 saturated carbocycles. The van der Waals surface area contributed by atoms with Crippen LogP contribution in [0.15, 0.2) is 41.8 Å². The van der Waals surface area contributed by atoms with Crippen molar-refractivity contribution in [2.24, 2.45) is 0 Å². The van der Waals surface area contributed by atoms with Crippen molar-refractivity contribution in [1.29, 1.82) is 0 Å². The number of nitrogens with zero attached hydrogens (tertiary/aromatic N) is 1. The lowest BCUT2D eigenvalue weighted by Gasteiger charge is -1.99. The van der Waals surface area contributed by atoms with Gasteiger partial charge in [0.15, 0.2) is 5.16 Å². The number of aliphatic hydroxyl groups excluding tert-OH is 1. The summed E-state index contributed by atoms with van der Waals surface area (Å²) in [5.74, 6) is 6.37. The molecule has 1 aromatic carbocycles. The van der Waals surface area contributed by atoms with E-state index in [1.807, 2.05) is 30.5 Å². The minimum atomic E-state index is -0.101. The van der Waals surface area contributed by atoms with Crippen molar-refractivity contribution in [3.8, 4) is 11.8 Å². The molecular formula is C13H12N2OS. The van der Waals surface area contributed by atoms with Crippen LogP contribution in [0.5, 0.6) is 0 Å². The molecule has 86 valence electrons. The Balaban J connectivity index is 1.94. The first kappa shape index (κ1) is 11.8.